The number of nitrogens with one attached hydrogen (secondary N) is 1. The van der Waals surface area contributed by atoms with Gasteiger partial charge in [-0.05, 0) is 63.2 Å². The normalized spacial score (nSPS) is 26.4. The lowest BCUT2D eigenvalue weighted by molar-refractivity contribution is -0.153. The fourth-order valence-corrected chi connectivity index (χ4v) is 5.54. The van der Waals surface area contributed by atoms with Gasteiger partial charge in [0.25, 0.3) is 5.91 Å². The van der Waals surface area contributed by atoms with E-state index in [9.17, 15) is 18.0 Å². The van der Waals surface area contributed by atoms with E-state index in [1.807, 2.05) is 0 Å². The molecule has 1 N–H and O–H groups in total. The molecular formula is C20H23F3N2O2S. The molecule has 1 atom stereocenters. The molecule has 5 rings (SSSR count). The Morgan fingerprint density at radius 3 is 2.68 bits per heavy atom. The molecule has 0 spiro atoms. The van der Waals surface area contributed by atoms with Crippen molar-refractivity contribution in [2.24, 2.45) is 5.92 Å². The highest BCUT2D eigenvalue weighted by molar-refractivity contribution is 7.21. The zero-order chi connectivity index (χ0) is 20.1. The first-order valence-corrected chi connectivity index (χ1v) is 10.2. The SMILES string of the molecule is CC1(C)[C@H](NC(=O)c2cc3cccc(OCC(F)(F)F)c3s2)C2CCN1CC2. The van der Waals surface area contributed by atoms with Crippen molar-refractivity contribution in [1.82, 2.24) is 10.2 Å². The third-order valence-corrected chi connectivity index (χ3v) is 7.16. The maximum Gasteiger partial charge on any atom is 0.422 e. The van der Waals surface area contributed by atoms with Crippen LogP contribution in [0.15, 0.2) is 24.3 Å². The van der Waals surface area contributed by atoms with Gasteiger partial charge >= 0.3 is 6.18 Å². The Morgan fingerprint density at radius 2 is 2.04 bits per heavy atom. The molecule has 1 aromatic carbocycles. The van der Waals surface area contributed by atoms with Crippen molar-refractivity contribution < 1.29 is 22.7 Å². The van der Waals surface area contributed by atoms with Crippen LogP contribution in [0.5, 0.6) is 5.75 Å². The van der Waals surface area contributed by atoms with Crippen LogP contribution < -0.4 is 10.1 Å². The van der Waals surface area contributed by atoms with Crippen LogP contribution in [0.3, 0.4) is 0 Å². The number of hydrogen-bond donors (Lipinski definition) is 1. The fourth-order valence-electron chi connectivity index (χ4n) is 4.51. The predicted octanol–water partition coefficient (Wildman–Crippen LogP) is 4.45. The summed E-state index contributed by atoms with van der Waals surface area (Å²) >= 11 is 1.17. The molecule has 3 aliphatic heterocycles. The summed E-state index contributed by atoms with van der Waals surface area (Å²) in [5, 5.41) is 3.91. The molecule has 0 radical (unpaired) electrons. The molecule has 1 aromatic heterocycles. The highest BCUT2D eigenvalue weighted by atomic mass is 32.1. The largest absolute Gasteiger partial charge is 0.483 e. The minimum absolute atomic E-state index is 0.0636. The van der Waals surface area contributed by atoms with E-state index in [4.69, 9.17) is 4.74 Å². The van der Waals surface area contributed by atoms with Gasteiger partial charge in [0.1, 0.15) is 5.75 Å². The summed E-state index contributed by atoms with van der Waals surface area (Å²) in [7, 11) is 0. The van der Waals surface area contributed by atoms with Gasteiger partial charge in [-0.3, -0.25) is 9.69 Å². The zero-order valence-electron chi connectivity index (χ0n) is 15.8. The van der Waals surface area contributed by atoms with Gasteiger partial charge < -0.3 is 10.1 Å². The average Bonchev–Trinajstić information content (AvgIpc) is 3.07. The van der Waals surface area contributed by atoms with E-state index in [0.717, 1.165) is 25.9 Å². The van der Waals surface area contributed by atoms with E-state index in [1.54, 1.807) is 18.2 Å². The number of halogens is 3. The van der Waals surface area contributed by atoms with Crippen molar-refractivity contribution in [1.29, 1.82) is 0 Å². The number of ether oxygens (including phenoxy) is 1. The van der Waals surface area contributed by atoms with Crippen LogP contribution in [-0.4, -0.2) is 48.3 Å². The molecule has 2 bridgehead atoms. The third kappa shape index (κ3) is 3.59. The molecule has 4 nitrogen and oxygen atoms in total. The van der Waals surface area contributed by atoms with Crippen molar-refractivity contribution in [3.05, 3.63) is 29.1 Å². The molecule has 0 unspecified atom stereocenters. The topological polar surface area (TPSA) is 41.6 Å². The monoisotopic (exact) mass is 412 g/mol. The summed E-state index contributed by atoms with van der Waals surface area (Å²) < 4.78 is 43.0. The van der Waals surface area contributed by atoms with Gasteiger partial charge in [0, 0.05) is 11.6 Å². The van der Waals surface area contributed by atoms with Crippen LogP contribution in [0, 0.1) is 5.92 Å². The number of nitrogens with zero attached hydrogens (tertiary/aromatic N) is 1. The maximum absolute atomic E-state index is 12.9. The first-order valence-electron chi connectivity index (χ1n) is 9.43. The van der Waals surface area contributed by atoms with E-state index in [2.05, 4.69) is 24.1 Å². The molecule has 28 heavy (non-hydrogen) atoms. The minimum atomic E-state index is -4.40. The summed E-state index contributed by atoms with van der Waals surface area (Å²) in [6.45, 7) is 5.10. The van der Waals surface area contributed by atoms with Crippen molar-refractivity contribution >= 4 is 27.3 Å². The van der Waals surface area contributed by atoms with Gasteiger partial charge in [0.15, 0.2) is 6.61 Å². The van der Waals surface area contributed by atoms with E-state index >= 15 is 0 Å². The smallest absolute Gasteiger partial charge is 0.422 e. The molecule has 152 valence electrons. The van der Waals surface area contributed by atoms with Crippen LogP contribution in [0.4, 0.5) is 13.2 Å². The molecule has 3 fully saturated rings. The van der Waals surface area contributed by atoms with E-state index < -0.39 is 12.8 Å². The molecule has 8 heteroatoms. The second kappa shape index (κ2) is 6.91. The Bertz CT molecular complexity index is 885. The summed E-state index contributed by atoms with van der Waals surface area (Å²) in [6, 6.07) is 6.71. The van der Waals surface area contributed by atoms with Gasteiger partial charge in [-0.15, -0.1) is 11.3 Å². The third-order valence-electron chi connectivity index (χ3n) is 6.00. The summed E-state index contributed by atoms with van der Waals surface area (Å²) in [5.41, 5.74) is -0.103. The van der Waals surface area contributed by atoms with Gasteiger partial charge in [-0.2, -0.15) is 13.2 Å². The van der Waals surface area contributed by atoms with E-state index in [0.29, 0.717) is 20.9 Å². The highest BCUT2D eigenvalue weighted by Crippen LogP contribution is 2.40. The molecule has 2 aromatic rings. The molecule has 0 aliphatic carbocycles. The molecular weight excluding hydrogens is 389 g/mol. The second-order valence-electron chi connectivity index (χ2n) is 8.12. The number of hydrogen-bond acceptors (Lipinski definition) is 4. The van der Waals surface area contributed by atoms with Crippen LogP contribution in [0.25, 0.3) is 10.1 Å². The lowest BCUT2D eigenvalue weighted by Crippen LogP contribution is -2.69. The number of piperidine rings is 3. The van der Waals surface area contributed by atoms with Gasteiger partial charge in [-0.1, -0.05) is 12.1 Å². The van der Waals surface area contributed by atoms with Crippen LogP contribution in [0.2, 0.25) is 0 Å². The summed E-state index contributed by atoms with van der Waals surface area (Å²) in [6.07, 6.45) is -2.24. The Balaban J connectivity index is 1.55. The molecule has 4 heterocycles. The maximum atomic E-state index is 12.9. The number of amides is 1. The standard InChI is InChI=1S/C20H23F3N2O2S/c1-19(2)17(12-6-8-25(19)9-7-12)24-18(26)15-10-13-4-3-5-14(16(13)28-15)27-11-20(21,22)23/h3-5,10,12,17H,6-9,11H2,1-2H3,(H,24,26)/t17-/m1/s1. The molecule has 3 saturated heterocycles. The van der Waals surface area contributed by atoms with Crippen LogP contribution >= 0.6 is 11.3 Å². The highest BCUT2D eigenvalue weighted by Gasteiger charge is 2.48. The predicted molar refractivity (Wildman–Crippen MR) is 103 cm³/mol. The van der Waals surface area contributed by atoms with Gasteiger partial charge in [0.2, 0.25) is 0 Å². The Morgan fingerprint density at radius 1 is 1.32 bits per heavy atom. The number of thiophene rings is 1. The molecule has 3 aliphatic rings. The first kappa shape index (κ1) is 19.5. The zero-order valence-corrected chi connectivity index (χ0v) is 16.6. The van der Waals surface area contributed by atoms with Crippen molar-refractivity contribution in [2.75, 3.05) is 19.7 Å². The quantitative estimate of drug-likeness (QED) is 0.807. The molecule has 1 amide bonds. The van der Waals surface area contributed by atoms with Crippen molar-refractivity contribution in [3.8, 4) is 5.75 Å². The molecule has 0 saturated carbocycles. The van der Waals surface area contributed by atoms with E-state index in [-0.39, 0.29) is 23.2 Å². The average molecular weight is 412 g/mol. The summed E-state index contributed by atoms with van der Waals surface area (Å²) in [5.74, 6) is 0.445. The van der Waals surface area contributed by atoms with Gasteiger partial charge in [-0.25, -0.2) is 0 Å². The fraction of sp³-hybridized carbons (Fsp3) is 0.550. The number of alkyl halides is 3. The summed E-state index contributed by atoms with van der Waals surface area (Å²) in [4.78, 5) is 15.8. The second-order valence-corrected chi connectivity index (χ2v) is 9.17. The van der Waals surface area contributed by atoms with Gasteiger partial charge in [0.05, 0.1) is 9.58 Å². The number of benzene rings is 1. The number of fused-ring (bicyclic) bond motifs is 4. The van der Waals surface area contributed by atoms with Crippen molar-refractivity contribution in [2.45, 2.75) is 44.4 Å². The lowest BCUT2D eigenvalue weighted by Gasteiger charge is -2.56. The Labute approximate surface area is 165 Å². The lowest BCUT2D eigenvalue weighted by atomic mass is 9.72. The Kier molecular flexibility index (Phi) is 4.82. The van der Waals surface area contributed by atoms with Crippen molar-refractivity contribution in [3.63, 3.8) is 0 Å². The van der Waals surface area contributed by atoms with E-state index in [1.165, 1.54) is 17.4 Å². The first-order chi connectivity index (χ1) is 13.1. The minimum Gasteiger partial charge on any atom is -0.483 e. The number of rotatable bonds is 4. The van der Waals surface area contributed by atoms with Crippen LogP contribution in [0.1, 0.15) is 36.4 Å². The Hall–Kier alpha value is -1.80. The number of carbonyl (C=O) groups is 1. The van der Waals surface area contributed by atoms with Crippen LogP contribution in [-0.2, 0) is 0 Å². The number of carbonyl (C=O) groups excluding carboxylic acids is 1.